The summed E-state index contributed by atoms with van der Waals surface area (Å²) in [5.74, 6) is 0. The number of ether oxygens (including phenoxy) is 1. The first kappa shape index (κ1) is 12.9. The first-order valence-corrected chi connectivity index (χ1v) is 8.64. The highest BCUT2D eigenvalue weighted by molar-refractivity contribution is 5.84. The number of aromatic nitrogens is 1. The number of rotatable bonds is 0. The lowest BCUT2D eigenvalue weighted by atomic mass is 9.75. The summed E-state index contributed by atoms with van der Waals surface area (Å²) < 4.78 is 8.62. The lowest BCUT2D eigenvalue weighted by molar-refractivity contribution is -0.534. The van der Waals surface area contributed by atoms with E-state index in [-0.39, 0.29) is 5.41 Å². The second-order valence-corrected chi connectivity index (χ2v) is 7.17. The maximum Gasteiger partial charge on any atom is 0.148 e. The fourth-order valence-electron chi connectivity index (χ4n) is 4.84. The van der Waals surface area contributed by atoms with Gasteiger partial charge in [-0.1, -0.05) is 18.2 Å². The van der Waals surface area contributed by atoms with E-state index in [0.717, 1.165) is 32.5 Å². The third-order valence-electron chi connectivity index (χ3n) is 6.04. The van der Waals surface area contributed by atoms with Gasteiger partial charge >= 0.3 is 0 Å². The van der Waals surface area contributed by atoms with Gasteiger partial charge in [0.2, 0.25) is 0 Å². The van der Waals surface area contributed by atoms with E-state index in [1.165, 1.54) is 35.9 Å². The molecule has 0 amide bonds. The molecule has 1 N–H and O–H groups in total. The summed E-state index contributed by atoms with van der Waals surface area (Å²) in [5, 5.41) is 1.42. The summed E-state index contributed by atoms with van der Waals surface area (Å²) in [6.45, 7) is 3.24. The Bertz CT molecular complexity index is 760. The number of para-hydroxylation sites is 1. The number of aryl methyl sites for hydroxylation is 1. The van der Waals surface area contributed by atoms with Crippen molar-refractivity contribution in [3.8, 4) is 0 Å². The molecule has 1 fully saturated rings. The molecule has 2 bridgehead atoms. The van der Waals surface area contributed by atoms with Crippen LogP contribution in [0.15, 0.2) is 24.3 Å². The van der Waals surface area contributed by atoms with Crippen LogP contribution in [0.3, 0.4) is 0 Å². The van der Waals surface area contributed by atoms with Gasteiger partial charge in [-0.3, -0.25) is 0 Å². The lowest BCUT2D eigenvalue weighted by Gasteiger charge is -2.31. The van der Waals surface area contributed by atoms with Gasteiger partial charge in [0.25, 0.3) is 0 Å². The van der Waals surface area contributed by atoms with E-state index < -0.39 is 0 Å². The second-order valence-electron chi connectivity index (χ2n) is 7.17. The molecule has 1 aromatic heterocycles. The van der Waals surface area contributed by atoms with Gasteiger partial charge in [-0.15, -0.1) is 0 Å². The van der Waals surface area contributed by atoms with E-state index >= 15 is 0 Å². The van der Waals surface area contributed by atoms with Crippen molar-refractivity contribution < 1.29 is 9.31 Å². The minimum atomic E-state index is 0.289. The van der Waals surface area contributed by atoms with Crippen LogP contribution >= 0.6 is 0 Å². The number of H-pyrrole nitrogens is 1. The molecule has 0 radical (unpaired) electrons. The standard InChI is InChI=1S/C19H23N2O/c1-2-4-16-14(3-1)15-6-10-21-11-7-18-19(13-21,9-12-22-18)8-5-17(15)20-16/h1-4,13,18,20H,5-12H2/q+1/t18-,19+/m0/s1. The summed E-state index contributed by atoms with van der Waals surface area (Å²) in [7, 11) is 0. The molecule has 3 heteroatoms. The van der Waals surface area contributed by atoms with Crippen LogP contribution in [0, 0.1) is 5.41 Å². The van der Waals surface area contributed by atoms with E-state index in [2.05, 4.69) is 40.0 Å². The topological polar surface area (TPSA) is 28.0 Å². The average molecular weight is 295 g/mol. The van der Waals surface area contributed by atoms with Crippen molar-refractivity contribution in [3.05, 3.63) is 35.5 Å². The van der Waals surface area contributed by atoms with Crippen LogP contribution in [0.4, 0.5) is 0 Å². The zero-order chi connectivity index (χ0) is 14.6. The van der Waals surface area contributed by atoms with Crippen LogP contribution in [0.1, 0.15) is 30.5 Å². The largest absolute Gasteiger partial charge is 0.377 e. The van der Waals surface area contributed by atoms with Crippen LogP contribution in [0.5, 0.6) is 0 Å². The van der Waals surface area contributed by atoms with Crippen molar-refractivity contribution in [2.24, 2.45) is 5.41 Å². The minimum absolute atomic E-state index is 0.289. The zero-order valence-electron chi connectivity index (χ0n) is 13.0. The number of hydrogen-bond acceptors (Lipinski definition) is 1. The molecule has 114 valence electrons. The third kappa shape index (κ3) is 1.81. The molecule has 2 atom stereocenters. The molecule has 1 aromatic carbocycles. The van der Waals surface area contributed by atoms with Crippen LogP contribution in [-0.4, -0.2) is 41.6 Å². The molecule has 4 heterocycles. The fraction of sp³-hybridized carbons (Fsp3) is 0.526. The molecule has 5 rings (SSSR count). The number of nitrogens with zero attached hydrogens (tertiary/aromatic N) is 1. The molecule has 0 unspecified atom stereocenters. The molecule has 22 heavy (non-hydrogen) atoms. The van der Waals surface area contributed by atoms with Gasteiger partial charge in [0.15, 0.2) is 0 Å². The van der Waals surface area contributed by atoms with Gasteiger partial charge in [-0.05, 0) is 30.9 Å². The monoisotopic (exact) mass is 295 g/mol. The quantitative estimate of drug-likeness (QED) is 0.744. The Morgan fingerprint density at radius 3 is 3.09 bits per heavy atom. The third-order valence-corrected chi connectivity index (χ3v) is 6.04. The van der Waals surface area contributed by atoms with Crippen LogP contribution in [-0.2, 0) is 17.6 Å². The number of aromatic amines is 1. The second kappa shape index (κ2) is 4.69. The van der Waals surface area contributed by atoms with E-state index in [4.69, 9.17) is 4.74 Å². The summed E-state index contributed by atoms with van der Waals surface area (Å²) in [4.78, 5) is 3.69. The Balaban J connectivity index is 1.60. The van der Waals surface area contributed by atoms with Crippen LogP contribution in [0.2, 0.25) is 0 Å². The van der Waals surface area contributed by atoms with Crippen LogP contribution < -0.4 is 0 Å². The van der Waals surface area contributed by atoms with E-state index in [1.807, 2.05) is 0 Å². The maximum atomic E-state index is 6.05. The molecule has 3 aliphatic rings. The van der Waals surface area contributed by atoms with Crippen molar-refractivity contribution in [3.63, 3.8) is 0 Å². The van der Waals surface area contributed by atoms with Gasteiger partial charge in [0.05, 0.1) is 11.5 Å². The van der Waals surface area contributed by atoms with Gasteiger partial charge < -0.3 is 9.72 Å². The normalized spacial score (nSPS) is 30.9. The maximum absolute atomic E-state index is 6.05. The van der Waals surface area contributed by atoms with E-state index in [1.54, 1.807) is 5.56 Å². The highest BCUT2D eigenvalue weighted by Crippen LogP contribution is 2.42. The van der Waals surface area contributed by atoms with Gasteiger partial charge in [0.1, 0.15) is 19.3 Å². The Morgan fingerprint density at radius 2 is 2.09 bits per heavy atom. The zero-order valence-corrected chi connectivity index (χ0v) is 13.0. The van der Waals surface area contributed by atoms with E-state index in [0.29, 0.717) is 6.10 Å². The van der Waals surface area contributed by atoms with Crippen molar-refractivity contribution >= 4 is 17.1 Å². The SMILES string of the molecule is C1=[N+]2CCc3c([nH]c4ccccc34)CC[C@@]13CCO[C@H]3CC2. The Kier molecular flexibility index (Phi) is 2.75. The highest BCUT2D eigenvalue weighted by atomic mass is 16.5. The van der Waals surface area contributed by atoms with Gasteiger partial charge in [0, 0.05) is 36.0 Å². The summed E-state index contributed by atoms with van der Waals surface area (Å²) >= 11 is 0. The summed E-state index contributed by atoms with van der Waals surface area (Å²) in [5.41, 5.74) is 4.60. The minimum Gasteiger partial charge on any atom is -0.377 e. The molecular weight excluding hydrogens is 272 g/mol. The smallest absolute Gasteiger partial charge is 0.148 e. The first-order chi connectivity index (χ1) is 10.8. The van der Waals surface area contributed by atoms with Crippen molar-refractivity contribution in [1.82, 2.24) is 4.98 Å². The molecule has 1 spiro atoms. The first-order valence-electron chi connectivity index (χ1n) is 8.64. The molecule has 1 saturated heterocycles. The Morgan fingerprint density at radius 1 is 1.14 bits per heavy atom. The molecule has 3 aliphatic heterocycles. The predicted octanol–water partition coefficient (Wildman–Crippen LogP) is 2.92. The van der Waals surface area contributed by atoms with Gasteiger partial charge in [-0.25, -0.2) is 4.58 Å². The van der Waals surface area contributed by atoms with Gasteiger partial charge in [-0.2, -0.15) is 0 Å². The Labute approximate surface area is 131 Å². The number of fused-ring (bicyclic) bond motifs is 3. The Hall–Kier alpha value is -1.61. The van der Waals surface area contributed by atoms with Crippen molar-refractivity contribution in [2.75, 3.05) is 19.7 Å². The van der Waals surface area contributed by atoms with Crippen molar-refractivity contribution in [1.29, 1.82) is 0 Å². The fourth-order valence-corrected chi connectivity index (χ4v) is 4.84. The molecule has 0 saturated carbocycles. The summed E-state index contributed by atoms with van der Waals surface area (Å²) in [6.07, 6.45) is 8.91. The molecule has 3 nitrogen and oxygen atoms in total. The number of nitrogens with one attached hydrogen (secondary N) is 1. The van der Waals surface area contributed by atoms with Crippen LogP contribution in [0.25, 0.3) is 10.9 Å². The average Bonchev–Trinajstić information content (AvgIpc) is 3.12. The molecular formula is C19H23N2O+. The number of benzene rings is 1. The molecule has 0 aliphatic carbocycles. The van der Waals surface area contributed by atoms with Crippen molar-refractivity contribution in [2.45, 2.75) is 38.2 Å². The lowest BCUT2D eigenvalue weighted by Crippen LogP contribution is -2.43. The highest BCUT2D eigenvalue weighted by Gasteiger charge is 2.48. The van der Waals surface area contributed by atoms with E-state index in [9.17, 15) is 0 Å². The number of hydrogen-bond donors (Lipinski definition) is 1. The summed E-state index contributed by atoms with van der Waals surface area (Å²) in [6, 6.07) is 8.77. The predicted molar refractivity (Wildman–Crippen MR) is 87.8 cm³/mol. The molecule has 2 aromatic rings.